The molecule has 6 nitrogen and oxygen atoms in total. The fraction of sp³-hybridized carbons (Fsp3) is 0.364. The summed E-state index contributed by atoms with van der Waals surface area (Å²) in [7, 11) is 0. The first-order chi connectivity index (χ1) is 13.6. The number of aryl methyl sites for hydroxylation is 1. The Morgan fingerprint density at radius 3 is 2.54 bits per heavy atom. The Balaban J connectivity index is 1.40. The molecular formula is C22H27N3O3. The van der Waals surface area contributed by atoms with Gasteiger partial charge in [0.05, 0.1) is 6.10 Å². The third kappa shape index (κ3) is 5.82. The maximum Gasteiger partial charge on any atom is 0.312 e. The summed E-state index contributed by atoms with van der Waals surface area (Å²) in [4.78, 5) is 25.3. The molecule has 0 radical (unpaired) electrons. The largest absolute Gasteiger partial charge is 0.376 e. The Hall–Kier alpha value is -2.86. The van der Waals surface area contributed by atoms with Crippen molar-refractivity contribution in [2.24, 2.45) is 5.73 Å². The van der Waals surface area contributed by atoms with E-state index in [0.717, 1.165) is 24.8 Å². The van der Waals surface area contributed by atoms with E-state index in [1.54, 1.807) is 12.1 Å². The average Bonchev–Trinajstić information content (AvgIpc) is 3.19. The van der Waals surface area contributed by atoms with E-state index in [-0.39, 0.29) is 12.0 Å². The van der Waals surface area contributed by atoms with E-state index in [1.807, 2.05) is 23.1 Å². The first kappa shape index (κ1) is 19.9. The van der Waals surface area contributed by atoms with Crippen LogP contribution in [0.3, 0.4) is 0 Å². The Morgan fingerprint density at radius 2 is 1.82 bits per heavy atom. The molecule has 1 heterocycles. The van der Waals surface area contributed by atoms with E-state index in [0.29, 0.717) is 31.8 Å². The number of hydrogen-bond donors (Lipinski definition) is 2. The van der Waals surface area contributed by atoms with Crippen LogP contribution < -0.4 is 11.1 Å². The van der Waals surface area contributed by atoms with E-state index in [4.69, 9.17) is 10.5 Å². The van der Waals surface area contributed by atoms with Gasteiger partial charge in [-0.15, -0.1) is 0 Å². The van der Waals surface area contributed by atoms with Crippen LogP contribution in [-0.2, 0) is 17.7 Å². The van der Waals surface area contributed by atoms with Gasteiger partial charge in [0.25, 0.3) is 5.91 Å². The molecule has 6 heteroatoms. The third-order valence-corrected chi connectivity index (χ3v) is 4.91. The van der Waals surface area contributed by atoms with Crippen molar-refractivity contribution in [3.05, 3.63) is 71.3 Å². The van der Waals surface area contributed by atoms with Crippen LogP contribution in [0.4, 0.5) is 4.79 Å². The van der Waals surface area contributed by atoms with Gasteiger partial charge in [0.1, 0.15) is 0 Å². The monoisotopic (exact) mass is 381 g/mol. The van der Waals surface area contributed by atoms with Crippen LogP contribution in [0, 0.1) is 0 Å². The summed E-state index contributed by atoms with van der Waals surface area (Å²) in [5.41, 5.74) is 7.93. The predicted molar refractivity (Wildman–Crippen MR) is 108 cm³/mol. The summed E-state index contributed by atoms with van der Waals surface area (Å²) >= 11 is 0. The SMILES string of the molecule is NC(=O)NCc1ccc(C(=O)N2CCC(OCCCc3ccccc3)C2)cc1. The maximum absolute atomic E-state index is 12.7. The van der Waals surface area contributed by atoms with Crippen molar-refractivity contribution in [1.82, 2.24) is 10.2 Å². The summed E-state index contributed by atoms with van der Waals surface area (Å²) < 4.78 is 5.97. The van der Waals surface area contributed by atoms with Gasteiger partial charge in [-0.1, -0.05) is 42.5 Å². The molecule has 0 aliphatic carbocycles. The van der Waals surface area contributed by atoms with E-state index in [9.17, 15) is 9.59 Å². The molecule has 1 saturated heterocycles. The number of nitrogens with one attached hydrogen (secondary N) is 1. The van der Waals surface area contributed by atoms with Crippen molar-refractivity contribution in [1.29, 1.82) is 0 Å². The van der Waals surface area contributed by atoms with Crippen molar-refractivity contribution < 1.29 is 14.3 Å². The number of carbonyl (C=O) groups excluding carboxylic acids is 2. The number of amides is 3. The van der Waals surface area contributed by atoms with Gasteiger partial charge in [-0.2, -0.15) is 0 Å². The van der Waals surface area contributed by atoms with Gasteiger partial charge in [-0.25, -0.2) is 4.79 Å². The van der Waals surface area contributed by atoms with Crippen molar-refractivity contribution in [2.45, 2.75) is 31.9 Å². The molecule has 1 aliphatic rings. The lowest BCUT2D eigenvalue weighted by Gasteiger charge is -2.17. The number of nitrogens with zero attached hydrogens (tertiary/aromatic N) is 1. The minimum atomic E-state index is -0.563. The van der Waals surface area contributed by atoms with Crippen LogP contribution in [0.5, 0.6) is 0 Å². The van der Waals surface area contributed by atoms with Crippen molar-refractivity contribution in [2.75, 3.05) is 19.7 Å². The highest BCUT2D eigenvalue weighted by molar-refractivity contribution is 5.94. The standard InChI is InChI=1S/C22H27N3O3/c23-22(27)24-15-18-8-10-19(11-9-18)21(26)25-13-12-20(16-25)28-14-4-7-17-5-2-1-3-6-17/h1-3,5-6,8-11,20H,4,7,12-16H2,(H3,23,24,27). The predicted octanol–water partition coefficient (Wildman–Crippen LogP) is 2.72. The zero-order chi connectivity index (χ0) is 19.8. The lowest BCUT2D eigenvalue weighted by molar-refractivity contribution is 0.0525. The molecule has 0 saturated carbocycles. The molecule has 0 spiro atoms. The molecule has 1 aliphatic heterocycles. The smallest absolute Gasteiger partial charge is 0.312 e. The molecular weight excluding hydrogens is 354 g/mol. The zero-order valence-electron chi connectivity index (χ0n) is 16.0. The number of ether oxygens (including phenoxy) is 1. The first-order valence-corrected chi connectivity index (χ1v) is 9.69. The topological polar surface area (TPSA) is 84.7 Å². The van der Waals surface area contributed by atoms with Crippen molar-refractivity contribution >= 4 is 11.9 Å². The van der Waals surface area contributed by atoms with E-state index in [1.165, 1.54) is 5.56 Å². The normalized spacial score (nSPS) is 16.1. The molecule has 148 valence electrons. The number of nitrogens with two attached hydrogens (primary N) is 1. The van der Waals surface area contributed by atoms with Gasteiger partial charge >= 0.3 is 6.03 Å². The van der Waals surface area contributed by atoms with Crippen molar-refractivity contribution in [3.63, 3.8) is 0 Å². The highest BCUT2D eigenvalue weighted by atomic mass is 16.5. The maximum atomic E-state index is 12.7. The fourth-order valence-electron chi connectivity index (χ4n) is 3.36. The lowest BCUT2D eigenvalue weighted by Crippen LogP contribution is -2.30. The second-order valence-corrected chi connectivity index (χ2v) is 7.04. The number of hydrogen-bond acceptors (Lipinski definition) is 3. The molecule has 28 heavy (non-hydrogen) atoms. The Bertz CT molecular complexity index is 777. The second kappa shape index (κ2) is 9.90. The molecule has 1 atom stereocenters. The van der Waals surface area contributed by atoms with Crippen LogP contribution in [-0.4, -0.2) is 42.6 Å². The molecule has 3 amide bonds. The number of carbonyl (C=O) groups is 2. The Labute approximate surface area is 165 Å². The highest BCUT2D eigenvalue weighted by Crippen LogP contribution is 2.17. The summed E-state index contributed by atoms with van der Waals surface area (Å²) in [5, 5.41) is 2.53. The van der Waals surface area contributed by atoms with Gasteiger partial charge in [0.15, 0.2) is 0 Å². The summed E-state index contributed by atoms with van der Waals surface area (Å²) in [5.74, 6) is 0.0183. The average molecular weight is 381 g/mol. The van der Waals surface area contributed by atoms with E-state index < -0.39 is 6.03 Å². The number of primary amides is 1. The van der Waals surface area contributed by atoms with Gasteiger partial charge in [-0.3, -0.25) is 4.79 Å². The van der Waals surface area contributed by atoms with Crippen LogP contribution in [0.2, 0.25) is 0 Å². The van der Waals surface area contributed by atoms with Crippen LogP contribution in [0.25, 0.3) is 0 Å². The van der Waals surface area contributed by atoms with Crippen LogP contribution >= 0.6 is 0 Å². The van der Waals surface area contributed by atoms with Gasteiger partial charge in [0, 0.05) is 31.8 Å². The molecule has 1 unspecified atom stereocenters. The Kier molecular flexibility index (Phi) is 7.03. The summed E-state index contributed by atoms with van der Waals surface area (Å²) in [6.07, 6.45) is 2.97. The van der Waals surface area contributed by atoms with Crippen LogP contribution in [0.15, 0.2) is 54.6 Å². The van der Waals surface area contributed by atoms with E-state index in [2.05, 4.69) is 29.6 Å². The van der Waals surface area contributed by atoms with Gasteiger partial charge in [0.2, 0.25) is 0 Å². The summed E-state index contributed by atoms with van der Waals surface area (Å²) in [6, 6.07) is 17.1. The van der Waals surface area contributed by atoms with Gasteiger partial charge < -0.3 is 20.7 Å². The first-order valence-electron chi connectivity index (χ1n) is 9.69. The minimum absolute atomic E-state index is 0.0183. The number of rotatable bonds is 8. The zero-order valence-corrected chi connectivity index (χ0v) is 16.0. The molecule has 2 aromatic carbocycles. The van der Waals surface area contributed by atoms with Crippen molar-refractivity contribution in [3.8, 4) is 0 Å². The highest BCUT2D eigenvalue weighted by Gasteiger charge is 2.27. The molecule has 2 aromatic rings. The molecule has 3 N–H and O–H groups in total. The van der Waals surface area contributed by atoms with Gasteiger partial charge in [-0.05, 0) is 42.5 Å². The third-order valence-electron chi connectivity index (χ3n) is 4.91. The molecule has 3 rings (SSSR count). The van der Waals surface area contributed by atoms with E-state index >= 15 is 0 Å². The lowest BCUT2D eigenvalue weighted by atomic mass is 10.1. The quantitative estimate of drug-likeness (QED) is 0.690. The summed E-state index contributed by atoms with van der Waals surface area (Å²) in [6.45, 7) is 2.41. The number of urea groups is 1. The second-order valence-electron chi connectivity index (χ2n) is 7.04. The Morgan fingerprint density at radius 1 is 1.07 bits per heavy atom. The van der Waals surface area contributed by atoms with Crippen LogP contribution in [0.1, 0.15) is 34.3 Å². The molecule has 0 bridgehead atoms. The number of likely N-dealkylation sites (tertiary alicyclic amines) is 1. The fourth-order valence-corrected chi connectivity index (χ4v) is 3.36. The molecule has 0 aromatic heterocycles. The number of benzene rings is 2. The minimum Gasteiger partial charge on any atom is -0.376 e. The molecule has 1 fully saturated rings.